The van der Waals surface area contributed by atoms with Crippen molar-refractivity contribution >= 4 is 12.2 Å². The van der Waals surface area contributed by atoms with Crippen molar-refractivity contribution in [2.75, 3.05) is 0 Å². The van der Waals surface area contributed by atoms with Gasteiger partial charge in [0.25, 0.3) is 0 Å². The van der Waals surface area contributed by atoms with Gasteiger partial charge in [0.2, 0.25) is 6.33 Å². The van der Waals surface area contributed by atoms with Crippen LogP contribution in [0.25, 0.3) is 6.20 Å². The molecule has 0 saturated carbocycles. The number of carbonyl (C=O) groups excluding carboxylic acids is 1. The molecule has 0 spiro atoms. The van der Waals surface area contributed by atoms with Crippen LogP contribution < -0.4 is 4.57 Å². The average Bonchev–Trinajstić information content (AvgIpc) is 2.48. The molecule has 0 bridgehead atoms. The highest BCUT2D eigenvalue weighted by Gasteiger charge is 2.18. The molecule has 0 radical (unpaired) electrons. The number of rotatable bonds is 3. The first-order valence-electron chi connectivity index (χ1n) is 4.81. The summed E-state index contributed by atoms with van der Waals surface area (Å²) in [5.74, 6) is -0.241. The van der Waals surface area contributed by atoms with Gasteiger partial charge in [-0.1, -0.05) is 6.58 Å². The molecule has 0 fully saturated rings. The topological polar surface area (TPSA) is 35.1 Å². The van der Waals surface area contributed by atoms with Gasteiger partial charge in [0.05, 0.1) is 6.20 Å². The van der Waals surface area contributed by atoms with E-state index in [-0.39, 0.29) is 12.5 Å². The summed E-state index contributed by atoms with van der Waals surface area (Å²) < 4.78 is 8.70. The fraction of sp³-hybridized carbons (Fsp3) is 0.455. The Balaban J connectivity index is 2.55. The second-order valence-electron chi connectivity index (χ2n) is 4.30. The fourth-order valence-electron chi connectivity index (χ4n) is 1.14. The lowest BCUT2D eigenvalue weighted by molar-refractivity contribution is -0.685. The first-order chi connectivity index (χ1) is 6.90. The van der Waals surface area contributed by atoms with Crippen molar-refractivity contribution in [1.82, 2.24) is 4.57 Å². The molecule has 1 rings (SSSR count). The highest BCUT2D eigenvalue weighted by atomic mass is 16.6. The van der Waals surface area contributed by atoms with Gasteiger partial charge in [-0.15, -0.1) is 0 Å². The van der Waals surface area contributed by atoms with Crippen LogP contribution in [0.1, 0.15) is 20.8 Å². The van der Waals surface area contributed by atoms with E-state index in [2.05, 4.69) is 6.58 Å². The van der Waals surface area contributed by atoms with E-state index in [9.17, 15) is 4.79 Å². The van der Waals surface area contributed by atoms with Crippen LogP contribution in [0.4, 0.5) is 0 Å². The van der Waals surface area contributed by atoms with Crippen LogP contribution >= 0.6 is 0 Å². The smallest absolute Gasteiger partial charge is 0.349 e. The van der Waals surface area contributed by atoms with E-state index in [4.69, 9.17) is 4.74 Å². The molecule has 0 amide bonds. The molecule has 1 aromatic heterocycles. The molecule has 15 heavy (non-hydrogen) atoms. The number of hydrogen-bond acceptors (Lipinski definition) is 2. The van der Waals surface area contributed by atoms with Crippen LogP contribution in [-0.4, -0.2) is 16.1 Å². The molecular formula is C11H17N2O2+. The molecule has 0 atom stereocenters. The van der Waals surface area contributed by atoms with Crippen molar-refractivity contribution < 1.29 is 14.1 Å². The molecule has 82 valence electrons. The van der Waals surface area contributed by atoms with E-state index in [1.807, 2.05) is 27.0 Å². The van der Waals surface area contributed by atoms with Crippen molar-refractivity contribution in [3.63, 3.8) is 0 Å². The third-order valence-electron chi connectivity index (χ3n) is 1.65. The second-order valence-corrected chi connectivity index (χ2v) is 4.30. The van der Waals surface area contributed by atoms with Crippen LogP contribution in [0.15, 0.2) is 25.3 Å². The number of esters is 1. The zero-order valence-corrected chi connectivity index (χ0v) is 9.43. The van der Waals surface area contributed by atoms with E-state index in [0.717, 1.165) is 0 Å². The van der Waals surface area contributed by atoms with Gasteiger partial charge < -0.3 is 4.74 Å². The molecule has 0 N–H and O–H groups in total. The van der Waals surface area contributed by atoms with Crippen molar-refractivity contribution in [3.8, 4) is 0 Å². The monoisotopic (exact) mass is 209 g/mol. The molecule has 4 heteroatoms. The van der Waals surface area contributed by atoms with Crippen LogP contribution in [-0.2, 0) is 16.1 Å². The quantitative estimate of drug-likeness (QED) is 0.554. The van der Waals surface area contributed by atoms with Gasteiger partial charge in [-0.05, 0) is 20.8 Å². The van der Waals surface area contributed by atoms with Gasteiger partial charge in [-0.25, -0.2) is 13.9 Å². The molecule has 0 aliphatic rings. The lowest BCUT2D eigenvalue weighted by Gasteiger charge is -2.18. The molecule has 0 unspecified atom stereocenters. The van der Waals surface area contributed by atoms with Gasteiger partial charge in [-0.3, -0.25) is 0 Å². The zero-order valence-electron chi connectivity index (χ0n) is 9.43. The zero-order chi connectivity index (χ0) is 11.5. The van der Waals surface area contributed by atoms with Crippen molar-refractivity contribution in [2.24, 2.45) is 0 Å². The molecule has 1 aromatic rings. The van der Waals surface area contributed by atoms with Crippen molar-refractivity contribution in [3.05, 3.63) is 25.3 Å². The number of carbonyl (C=O) groups is 1. The lowest BCUT2D eigenvalue weighted by Crippen LogP contribution is -2.39. The second kappa shape index (κ2) is 4.29. The maximum Gasteiger partial charge on any atom is 0.349 e. The standard InChI is InChI=1S/C11H17N2O2/c1-5-12-6-7-13(9-12)8-10(14)15-11(2,3)4/h5-7,9H,1,8H2,2-4H3/q+1. The maximum atomic E-state index is 11.4. The first kappa shape index (κ1) is 11.5. The van der Waals surface area contributed by atoms with E-state index in [1.54, 1.807) is 27.9 Å². The number of hydrogen-bond donors (Lipinski definition) is 0. The van der Waals surface area contributed by atoms with E-state index in [1.165, 1.54) is 0 Å². The Hall–Kier alpha value is -1.58. The molecular weight excluding hydrogens is 192 g/mol. The summed E-state index contributed by atoms with van der Waals surface area (Å²) in [6.07, 6.45) is 7.05. The largest absolute Gasteiger partial charge is 0.457 e. The summed E-state index contributed by atoms with van der Waals surface area (Å²) >= 11 is 0. The Bertz CT molecular complexity index is 361. The van der Waals surface area contributed by atoms with Crippen LogP contribution in [0.3, 0.4) is 0 Å². The predicted molar refractivity (Wildman–Crippen MR) is 56.9 cm³/mol. The average molecular weight is 209 g/mol. The van der Waals surface area contributed by atoms with E-state index < -0.39 is 5.60 Å². The number of imidazole rings is 1. The minimum atomic E-state index is -0.432. The Morgan fingerprint density at radius 3 is 2.73 bits per heavy atom. The molecule has 1 heterocycles. The molecule has 4 nitrogen and oxygen atoms in total. The molecule has 0 aliphatic heterocycles. The number of ether oxygens (including phenoxy) is 1. The molecule has 0 aliphatic carbocycles. The normalized spacial score (nSPS) is 11.1. The minimum Gasteiger partial charge on any atom is -0.457 e. The van der Waals surface area contributed by atoms with Gasteiger partial charge in [0.15, 0.2) is 6.54 Å². The van der Waals surface area contributed by atoms with Gasteiger partial charge in [-0.2, -0.15) is 0 Å². The van der Waals surface area contributed by atoms with E-state index >= 15 is 0 Å². The minimum absolute atomic E-state index is 0.220. The predicted octanol–water partition coefficient (Wildman–Crippen LogP) is 1.22. The SMILES string of the molecule is C=Cn1cc[n+](CC(=O)OC(C)(C)C)c1. The summed E-state index contributed by atoms with van der Waals surface area (Å²) in [5.41, 5.74) is -0.432. The summed E-state index contributed by atoms with van der Waals surface area (Å²) in [6.45, 7) is 9.39. The van der Waals surface area contributed by atoms with Crippen LogP contribution in [0, 0.1) is 0 Å². The highest BCUT2D eigenvalue weighted by Crippen LogP contribution is 2.06. The Morgan fingerprint density at radius 2 is 2.27 bits per heavy atom. The number of nitrogens with zero attached hydrogens (tertiary/aromatic N) is 2. The van der Waals surface area contributed by atoms with Gasteiger partial charge >= 0.3 is 5.97 Å². The summed E-state index contributed by atoms with van der Waals surface area (Å²) in [4.78, 5) is 11.4. The van der Waals surface area contributed by atoms with E-state index in [0.29, 0.717) is 0 Å². The summed E-state index contributed by atoms with van der Waals surface area (Å²) in [6, 6.07) is 0. The van der Waals surface area contributed by atoms with Gasteiger partial charge in [0.1, 0.15) is 18.0 Å². The van der Waals surface area contributed by atoms with Crippen LogP contribution in [0.5, 0.6) is 0 Å². The summed E-state index contributed by atoms with van der Waals surface area (Å²) in [5, 5.41) is 0. The Kier molecular flexibility index (Phi) is 3.29. The fourth-order valence-corrected chi connectivity index (χ4v) is 1.14. The lowest BCUT2D eigenvalue weighted by atomic mass is 10.2. The molecule has 0 aromatic carbocycles. The highest BCUT2D eigenvalue weighted by molar-refractivity contribution is 5.68. The maximum absolute atomic E-state index is 11.4. The first-order valence-corrected chi connectivity index (χ1v) is 4.81. The number of aromatic nitrogens is 2. The Labute approximate surface area is 89.8 Å². The third kappa shape index (κ3) is 3.97. The van der Waals surface area contributed by atoms with Crippen molar-refractivity contribution in [2.45, 2.75) is 32.9 Å². The van der Waals surface area contributed by atoms with Crippen molar-refractivity contribution in [1.29, 1.82) is 0 Å². The Morgan fingerprint density at radius 1 is 1.60 bits per heavy atom. The third-order valence-corrected chi connectivity index (χ3v) is 1.65. The van der Waals surface area contributed by atoms with Crippen LogP contribution in [0.2, 0.25) is 0 Å². The molecule has 0 saturated heterocycles. The summed E-state index contributed by atoms with van der Waals surface area (Å²) in [7, 11) is 0. The van der Waals surface area contributed by atoms with Gasteiger partial charge in [0, 0.05) is 0 Å².